The van der Waals surface area contributed by atoms with E-state index >= 15 is 0 Å². The average molecular weight is 292 g/mol. The first-order valence-corrected chi connectivity index (χ1v) is 6.34. The number of rotatable bonds is 3. The molecule has 0 aliphatic heterocycles. The van der Waals surface area contributed by atoms with Crippen LogP contribution in [-0.4, -0.2) is 20.0 Å². The molecule has 0 radical (unpaired) electrons. The van der Waals surface area contributed by atoms with Crippen LogP contribution in [0.4, 0.5) is 11.4 Å². The summed E-state index contributed by atoms with van der Waals surface area (Å²) in [6.45, 7) is 0. The van der Waals surface area contributed by atoms with Gasteiger partial charge in [0.2, 0.25) is 0 Å². The number of hydrogen-bond acceptors (Lipinski definition) is 3. The lowest BCUT2D eigenvalue weighted by Crippen LogP contribution is -2.36. The Bertz CT molecular complexity index is 644. The van der Waals surface area contributed by atoms with E-state index in [1.807, 2.05) is 14.1 Å². The molecule has 2 aromatic rings. The van der Waals surface area contributed by atoms with E-state index in [0.29, 0.717) is 21.1 Å². The number of para-hydroxylation sites is 1. The molecular formula is C14H14ClN3O2. The van der Waals surface area contributed by atoms with Crippen LogP contribution in [0.5, 0.6) is 0 Å². The Labute approximate surface area is 122 Å². The predicted octanol–water partition coefficient (Wildman–Crippen LogP) is 2.29. The van der Waals surface area contributed by atoms with Gasteiger partial charge in [0.1, 0.15) is 0 Å². The van der Waals surface area contributed by atoms with Gasteiger partial charge in [-0.05, 0) is 18.2 Å². The van der Waals surface area contributed by atoms with Gasteiger partial charge in [-0.1, -0.05) is 17.7 Å². The minimum atomic E-state index is -0.481. The van der Waals surface area contributed by atoms with Crippen molar-refractivity contribution in [2.45, 2.75) is 0 Å². The van der Waals surface area contributed by atoms with Crippen molar-refractivity contribution >= 4 is 28.9 Å². The fourth-order valence-electron chi connectivity index (χ4n) is 1.86. The van der Waals surface area contributed by atoms with E-state index in [1.54, 1.807) is 35.2 Å². The molecule has 0 aliphatic rings. The first kappa shape index (κ1) is 14.1. The van der Waals surface area contributed by atoms with Crippen LogP contribution in [0, 0.1) is 5.21 Å². The second-order valence-corrected chi connectivity index (χ2v) is 4.80. The SMILES string of the molecule is CN(C)c1c(Cl)cccc1NC(=O)c1cccc[n+]1[O-]. The van der Waals surface area contributed by atoms with E-state index in [9.17, 15) is 10.0 Å². The summed E-state index contributed by atoms with van der Waals surface area (Å²) in [5.41, 5.74) is 1.27. The number of carbonyl (C=O) groups excluding carboxylic acids is 1. The fourth-order valence-corrected chi connectivity index (χ4v) is 2.20. The van der Waals surface area contributed by atoms with Gasteiger partial charge in [-0.15, -0.1) is 0 Å². The predicted molar refractivity (Wildman–Crippen MR) is 79.1 cm³/mol. The summed E-state index contributed by atoms with van der Waals surface area (Å²) in [7, 11) is 3.65. The summed E-state index contributed by atoms with van der Waals surface area (Å²) >= 11 is 6.13. The number of anilines is 2. The lowest BCUT2D eigenvalue weighted by molar-refractivity contribution is -0.607. The van der Waals surface area contributed by atoms with Crippen LogP contribution in [0.3, 0.4) is 0 Å². The Morgan fingerprint density at radius 1 is 1.25 bits per heavy atom. The van der Waals surface area contributed by atoms with Crippen LogP contribution in [0.2, 0.25) is 5.02 Å². The van der Waals surface area contributed by atoms with E-state index in [4.69, 9.17) is 11.6 Å². The molecule has 0 fully saturated rings. The second-order valence-electron chi connectivity index (χ2n) is 4.40. The molecule has 20 heavy (non-hydrogen) atoms. The molecule has 0 atom stereocenters. The van der Waals surface area contributed by atoms with Gasteiger partial charge < -0.3 is 15.4 Å². The normalized spacial score (nSPS) is 10.2. The minimum absolute atomic E-state index is 0.0252. The molecular weight excluding hydrogens is 278 g/mol. The second kappa shape index (κ2) is 5.79. The summed E-state index contributed by atoms with van der Waals surface area (Å²) in [5, 5.41) is 14.8. The first-order valence-electron chi connectivity index (χ1n) is 5.96. The largest absolute Gasteiger partial charge is 0.618 e. The quantitative estimate of drug-likeness (QED) is 0.697. The number of nitrogens with one attached hydrogen (secondary N) is 1. The summed E-state index contributed by atoms with van der Waals surface area (Å²) in [5.74, 6) is -0.481. The molecule has 1 N–H and O–H groups in total. The van der Waals surface area contributed by atoms with E-state index in [0.717, 1.165) is 0 Å². The molecule has 0 saturated carbocycles. The molecule has 0 bridgehead atoms. The smallest absolute Gasteiger partial charge is 0.321 e. The van der Waals surface area contributed by atoms with E-state index < -0.39 is 5.91 Å². The molecule has 2 rings (SSSR count). The standard InChI is InChI=1S/C14H14ClN3O2/c1-17(2)13-10(15)6-5-7-11(13)16-14(19)12-8-3-4-9-18(12)20/h3-9H,1-2H3,(H,16,19). The van der Waals surface area contributed by atoms with Crippen molar-refractivity contribution < 1.29 is 9.52 Å². The third-order valence-electron chi connectivity index (χ3n) is 2.74. The van der Waals surface area contributed by atoms with Crippen LogP contribution in [0.25, 0.3) is 0 Å². The van der Waals surface area contributed by atoms with Crippen molar-refractivity contribution in [3.8, 4) is 0 Å². The Morgan fingerprint density at radius 2 is 2.00 bits per heavy atom. The highest BCUT2D eigenvalue weighted by atomic mass is 35.5. The Balaban J connectivity index is 2.34. The number of halogens is 1. The molecule has 1 aromatic heterocycles. The van der Waals surface area contributed by atoms with Gasteiger partial charge in [0.25, 0.3) is 5.69 Å². The van der Waals surface area contributed by atoms with Gasteiger partial charge >= 0.3 is 5.91 Å². The van der Waals surface area contributed by atoms with Crippen molar-refractivity contribution in [1.82, 2.24) is 0 Å². The van der Waals surface area contributed by atoms with Gasteiger partial charge in [-0.2, -0.15) is 4.73 Å². The van der Waals surface area contributed by atoms with Crippen molar-refractivity contribution in [1.29, 1.82) is 0 Å². The average Bonchev–Trinajstić information content (AvgIpc) is 2.38. The molecule has 0 spiro atoms. The highest BCUT2D eigenvalue weighted by Gasteiger charge is 2.18. The molecule has 104 valence electrons. The zero-order valence-corrected chi connectivity index (χ0v) is 11.9. The maximum Gasteiger partial charge on any atom is 0.321 e. The zero-order chi connectivity index (χ0) is 14.7. The minimum Gasteiger partial charge on any atom is -0.618 e. The van der Waals surface area contributed by atoms with Crippen LogP contribution in [0.15, 0.2) is 42.6 Å². The van der Waals surface area contributed by atoms with Crippen molar-refractivity contribution in [2.75, 3.05) is 24.3 Å². The van der Waals surface area contributed by atoms with Gasteiger partial charge in [-0.3, -0.25) is 4.79 Å². The maximum absolute atomic E-state index is 12.1. The molecule has 1 heterocycles. The van der Waals surface area contributed by atoms with Crippen LogP contribution in [-0.2, 0) is 0 Å². The Morgan fingerprint density at radius 3 is 2.65 bits per heavy atom. The number of amides is 1. The number of aromatic nitrogens is 1. The number of benzene rings is 1. The number of hydrogen-bond donors (Lipinski definition) is 1. The summed E-state index contributed by atoms with van der Waals surface area (Å²) in [4.78, 5) is 13.9. The summed E-state index contributed by atoms with van der Waals surface area (Å²) < 4.78 is 0.523. The first-order chi connectivity index (χ1) is 9.50. The number of nitrogens with zero attached hydrogens (tertiary/aromatic N) is 2. The summed E-state index contributed by atoms with van der Waals surface area (Å²) in [6.07, 6.45) is 1.28. The fraction of sp³-hybridized carbons (Fsp3) is 0.143. The van der Waals surface area contributed by atoms with Crippen molar-refractivity contribution in [3.63, 3.8) is 0 Å². The number of carbonyl (C=O) groups is 1. The van der Waals surface area contributed by atoms with Crippen molar-refractivity contribution in [3.05, 3.63) is 58.5 Å². The highest BCUT2D eigenvalue weighted by molar-refractivity contribution is 6.34. The van der Waals surface area contributed by atoms with Crippen LogP contribution in [0.1, 0.15) is 10.5 Å². The molecule has 5 nitrogen and oxygen atoms in total. The van der Waals surface area contributed by atoms with Gasteiger partial charge in [0, 0.05) is 26.2 Å². The molecule has 1 amide bonds. The van der Waals surface area contributed by atoms with Gasteiger partial charge in [0.05, 0.1) is 16.4 Å². The molecule has 0 aliphatic carbocycles. The lowest BCUT2D eigenvalue weighted by Gasteiger charge is -2.19. The Hall–Kier alpha value is -2.27. The van der Waals surface area contributed by atoms with Crippen LogP contribution >= 0.6 is 11.6 Å². The maximum atomic E-state index is 12.1. The van der Waals surface area contributed by atoms with Crippen molar-refractivity contribution in [2.24, 2.45) is 0 Å². The molecule has 1 aromatic carbocycles. The Kier molecular flexibility index (Phi) is 4.10. The highest BCUT2D eigenvalue weighted by Crippen LogP contribution is 2.32. The lowest BCUT2D eigenvalue weighted by atomic mass is 10.2. The molecule has 0 saturated heterocycles. The topological polar surface area (TPSA) is 59.3 Å². The number of pyridine rings is 1. The zero-order valence-electron chi connectivity index (χ0n) is 11.1. The third-order valence-corrected chi connectivity index (χ3v) is 3.04. The van der Waals surface area contributed by atoms with E-state index in [-0.39, 0.29) is 5.69 Å². The monoisotopic (exact) mass is 291 g/mol. The van der Waals surface area contributed by atoms with E-state index in [2.05, 4.69) is 5.32 Å². The van der Waals surface area contributed by atoms with Gasteiger partial charge in [-0.25, -0.2) is 0 Å². The van der Waals surface area contributed by atoms with Crippen LogP contribution < -0.4 is 14.9 Å². The molecule has 0 unspecified atom stereocenters. The van der Waals surface area contributed by atoms with E-state index in [1.165, 1.54) is 12.3 Å². The molecule has 6 heteroatoms. The van der Waals surface area contributed by atoms with Gasteiger partial charge in [0.15, 0.2) is 6.20 Å². The third kappa shape index (κ3) is 2.83. The summed E-state index contributed by atoms with van der Waals surface area (Å²) in [6, 6.07) is 9.87.